The smallest absolute Gasteiger partial charge is 0.242 e. The van der Waals surface area contributed by atoms with Crippen molar-refractivity contribution in [1.82, 2.24) is 5.43 Å². The van der Waals surface area contributed by atoms with Gasteiger partial charge in [0.15, 0.2) is 0 Å². The number of benzene rings is 1. The van der Waals surface area contributed by atoms with Gasteiger partial charge in [-0.1, -0.05) is 29.2 Å². The van der Waals surface area contributed by atoms with Gasteiger partial charge in [-0.15, -0.1) is 0 Å². The van der Waals surface area contributed by atoms with E-state index in [2.05, 4.69) is 15.9 Å². The van der Waals surface area contributed by atoms with Crippen LogP contribution in [0.3, 0.4) is 0 Å². The van der Waals surface area contributed by atoms with Crippen molar-refractivity contribution >= 4 is 23.3 Å². The molecule has 5 nitrogen and oxygen atoms in total. The van der Waals surface area contributed by atoms with E-state index < -0.39 is 6.03 Å². The standard InChI is InChI=1S/C7H4ClN4O/c8-5-3-1-2-4-6(5)12-7(13)9-10-11-12/h1-4H. The molecule has 1 aliphatic heterocycles. The molecule has 0 N–H and O–H groups in total. The third-order valence-corrected chi connectivity index (χ3v) is 1.84. The number of amides is 2. The normalized spacial score (nSPS) is 14.8. The lowest BCUT2D eigenvalue weighted by atomic mass is 10.3. The van der Waals surface area contributed by atoms with Gasteiger partial charge >= 0.3 is 6.03 Å². The zero-order valence-corrected chi connectivity index (χ0v) is 7.14. The van der Waals surface area contributed by atoms with E-state index in [4.69, 9.17) is 11.6 Å². The molecule has 13 heavy (non-hydrogen) atoms. The van der Waals surface area contributed by atoms with Crippen molar-refractivity contribution < 1.29 is 4.79 Å². The molecule has 0 aliphatic carbocycles. The van der Waals surface area contributed by atoms with Crippen molar-refractivity contribution in [1.29, 1.82) is 0 Å². The molecule has 0 aromatic heterocycles. The second-order valence-corrected chi connectivity index (χ2v) is 2.73. The van der Waals surface area contributed by atoms with Gasteiger partial charge in [-0.25, -0.2) is 4.79 Å². The third kappa shape index (κ3) is 1.33. The molecule has 1 aromatic rings. The van der Waals surface area contributed by atoms with Gasteiger partial charge in [-0.2, -0.15) is 5.01 Å². The van der Waals surface area contributed by atoms with Gasteiger partial charge in [0.2, 0.25) is 0 Å². The zero-order chi connectivity index (χ0) is 9.26. The number of halogens is 1. The molecule has 2 amide bonds. The molecule has 0 atom stereocenters. The van der Waals surface area contributed by atoms with Crippen LogP contribution in [0, 0.1) is 0 Å². The molecule has 0 saturated carbocycles. The van der Waals surface area contributed by atoms with Gasteiger partial charge in [0.1, 0.15) is 0 Å². The number of nitrogens with zero attached hydrogens (tertiary/aromatic N) is 4. The Labute approximate surface area is 79.0 Å². The number of carbonyl (C=O) groups is 1. The van der Waals surface area contributed by atoms with Gasteiger partial charge in [-0.05, 0) is 22.6 Å². The Hall–Kier alpha value is -1.62. The lowest BCUT2D eigenvalue weighted by molar-refractivity contribution is 0.250. The first-order valence-corrected chi connectivity index (χ1v) is 3.87. The third-order valence-electron chi connectivity index (χ3n) is 1.52. The summed E-state index contributed by atoms with van der Waals surface area (Å²) < 4.78 is 0. The van der Waals surface area contributed by atoms with E-state index in [0.717, 1.165) is 5.01 Å². The van der Waals surface area contributed by atoms with Crippen LogP contribution in [0.5, 0.6) is 0 Å². The molecular formula is C7H4ClN4O. The first-order chi connectivity index (χ1) is 6.29. The van der Waals surface area contributed by atoms with Crippen molar-refractivity contribution in [2.24, 2.45) is 10.4 Å². The lowest BCUT2D eigenvalue weighted by Gasteiger charge is -2.08. The summed E-state index contributed by atoms with van der Waals surface area (Å²) in [5.74, 6) is 0. The molecule has 0 saturated heterocycles. The second-order valence-electron chi connectivity index (χ2n) is 2.32. The molecule has 65 valence electrons. The Morgan fingerprint density at radius 1 is 1.31 bits per heavy atom. The number of anilines is 1. The fraction of sp³-hybridized carbons (Fsp3) is 0. The molecule has 0 spiro atoms. The minimum Gasteiger partial charge on any atom is -0.242 e. The SMILES string of the molecule is O=C1[N]N=NN1c1ccccc1Cl. The summed E-state index contributed by atoms with van der Waals surface area (Å²) in [7, 11) is 0. The van der Waals surface area contributed by atoms with Gasteiger partial charge in [0, 0.05) is 0 Å². The Bertz CT molecular complexity index is 379. The fourth-order valence-electron chi connectivity index (χ4n) is 0.954. The number of urea groups is 1. The van der Waals surface area contributed by atoms with Crippen molar-refractivity contribution in [3.8, 4) is 0 Å². The highest BCUT2D eigenvalue weighted by atomic mass is 35.5. The Morgan fingerprint density at radius 3 is 2.69 bits per heavy atom. The van der Waals surface area contributed by atoms with Crippen LogP contribution in [0.2, 0.25) is 5.02 Å². The minimum absolute atomic E-state index is 0.437. The Morgan fingerprint density at radius 2 is 2.08 bits per heavy atom. The van der Waals surface area contributed by atoms with E-state index in [0.29, 0.717) is 10.7 Å². The van der Waals surface area contributed by atoms with Crippen LogP contribution in [0.1, 0.15) is 0 Å². The predicted octanol–water partition coefficient (Wildman–Crippen LogP) is 2.17. The molecule has 1 heterocycles. The summed E-state index contributed by atoms with van der Waals surface area (Å²) >= 11 is 5.83. The average Bonchev–Trinajstić information content (AvgIpc) is 2.52. The summed E-state index contributed by atoms with van der Waals surface area (Å²) in [5, 5.41) is 8.22. The molecule has 2 rings (SSSR count). The summed E-state index contributed by atoms with van der Waals surface area (Å²) in [6.07, 6.45) is 0. The molecule has 0 unspecified atom stereocenters. The molecule has 1 radical (unpaired) electrons. The summed E-state index contributed by atoms with van der Waals surface area (Å²) in [6.45, 7) is 0. The van der Waals surface area contributed by atoms with Crippen LogP contribution < -0.4 is 10.4 Å². The van der Waals surface area contributed by atoms with Crippen LogP contribution in [-0.2, 0) is 0 Å². The molecule has 1 aliphatic rings. The topological polar surface area (TPSA) is 59.1 Å². The molecule has 6 heteroatoms. The van der Waals surface area contributed by atoms with Gasteiger partial charge in [0.05, 0.1) is 10.7 Å². The van der Waals surface area contributed by atoms with Crippen LogP contribution >= 0.6 is 11.6 Å². The largest absolute Gasteiger partial charge is 0.390 e. The maximum Gasteiger partial charge on any atom is 0.390 e. The molecular weight excluding hydrogens is 192 g/mol. The number of hydrogen-bond acceptors (Lipinski definition) is 3. The maximum atomic E-state index is 11.0. The van der Waals surface area contributed by atoms with E-state index in [1.54, 1.807) is 24.3 Å². The van der Waals surface area contributed by atoms with Gasteiger partial charge in [-0.3, -0.25) is 0 Å². The highest BCUT2D eigenvalue weighted by Gasteiger charge is 2.23. The van der Waals surface area contributed by atoms with Crippen molar-refractivity contribution in [3.63, 3.8) is 0 Å². The average molecular weight is 196 g/mol. The molecule has 0 bridgehead atoms. The van der Waals surface area contributed by atoms with Crippen LogP contribution in [0.25, 0.3) is 0 Å². The van der Waals surface area contributed by atoms with E-state index in [9.17, 15) is 4.79 Å². The van der Waals surface area contributed by atoms with Gasteiger partial charge < -0.3 is 0 Å². The van der Waals surface area contributed by atoms with E-state index in [1.165, 1.54) is 0 Å². The Balaban J connectivity index is 2.40. The van der Waals surface area contributed by atoms with Crippen molar-refractivity contribution in [2.75, 3.05) is 5.01 Å². The van der Waals surface area contributed by atoms with Crippen LogP contribution in [0.4, 0.5) is 10.5 Å². The minimum atomic E-state index is -0.534. The number of carbonyl (C=O) groups excluding carboxylic acids is 1. The second kappa shape index (κ2) is 3.02. The summed E-state index contributed by atoms with van der Waals surface area (Å²) in [6, 6.07) is 6.31. The monoisotopic (exact) mass is 195 g/mol. The first-order valence-electron chi connectivity index (χ1n) is 3.49. The van der Waals surface area contributed by atoms with Crippen molar-refractivity contribution in [2.45, 2.75) is 0 Å². The van der Waals surface area contributed by atoms with E-state index in [-0.39, 0.29) is 0 Å². The quantitative estimate of drug-likeness (QED) is 0.678. The lowest BCUT2D eigenvalue weighted by Crippen LogP contribution is -2.23. The highest BCUT2D eigenvalue weighted by molar-refractivity contribution is 6.33. The summed E-state index contributed by atoms with van der Waals surface area (Å²) in [4.78, 5) is 11.0. The number of hydrogen-bond donors (Lipinski definition) is 0. The van der Waals surface area contributed by atoms with Crippen LogP contribution in [0.15, 0.2) is 34.7 Å². The molecule has 0 fully saturated rings. The zero-order valence-electron chi connectivity index (χ0n) is 6.38. The predicted molar refractivity (Wildman–Crippen MR) is 46.3 cm³/mol. The Kier molecular flexibility index (Phi) is 1.86. The first kappa shape index (κ1) is 8.00. The van der Waals surface area contributed by atoms with Crippen LogP contribution in [-0.4, -0.2) is 6.03 Å². The highest BCUT2D eigenvalue weighted by Crippen LogP contribution is 2.26. The number of para-hydroxylation sites is 1. The number of rotatable bonds is 1. The van der Waals surface area contributed by atoms with Crippen molar-refractivity contribution in [3.05, 3.63) is 29.3 Å². The fourth-order valence-corrected chi connectivity index (χ4v) is 1.17. The maximum absolute atomic E-state index is 11.0. The van der Waals surface area contributed by atoms with E-state index in [1.807, 2.05) is 0 Å². The van der Waals surface area contributed by atoms with E-state index >= 15 is 0 Å². The molecule has 1 aromatic carbocycles. The van der Waals surface area contributed by atoms with Gasteiger partial charge in [0.25, 0.3) is 0 Å². The summed E-state index contributed by atoms with van der Waals surface area (Å²) in [5.41, 5.74) is 3.71.